The summed E-state index contributed by atoms with van der Waals surface area (Å²) in [7, 11) is 0. The summed E-state index contributed by atoms with van der Waals surface area (Å²) in [4.78, 5) is 10.9. The first kappa shape index (κ1) is 8.45. The fraction of sp³-hybridized carbons (Fsp3) is 0.833. The van der Waals surface area contributed by atoms with E-state index in [2.05, 4.69) is 0 Å². The van der Waals surface area contributed by atoms with Gasteiger partial charge in [0.25, 0.3) is 5.91 Å². The highest BCUT2D eigenvalue weighted by Crippen LogP contribution is 2.14. The van der Waals surface area contributed by atoms with Gasteiger partial charge in [0, 0.05) is 6.61 Å². The normalized spacial score (nSPS) is 26.5. The highest BCUT2D eigenvalue weighted by Gasteiger charge is 2.27. The predicted octanol–water partition coefficient (Wildman–Crippen LogP) is -1.52. The molecule has 1 saturated heterocycles. The first-order valence-electron chi connectivity index (χ1n) is 3.63. The highest BCUT2D eigenvalue weighted by molar-refractivity contribution is 5.81. The lowest BCUT2D eigenvalue weighted by Crippen LogP contribution is -2.50. The summed E-state index contributed by atoms with van der Waals surface area (Å²) in [6.07, 6.45) is 1.66. The molecule has 1 rings (SSSR count). The molecular formula is C6H13N3O2. The average Bonchev–Trinajstić information content (AvgIpc) is 2.53. The Hall–Kier alpha value is -0.650. The molecule has 1 aliphatic heterocycles. The van der Waals surface area contributed by atoms with E-state index in [0.29, 0.717) is 6.61 Å². The Labute approximate surface area is 65.0 Å². The van der Waals surface area contributed by atoms with E-state index in [1.54, 1.807) is 0 Å². The third-order valence-electron chi connectivity index (χ3n) is 1.81. The Morgan fingerprint density at radius 3 is 2.91 bits per heavy atom. The molecule has 0 saturated carbocycles. The predicted molar refractivity (Wildman–Crippen MR) is 39.3 cm³/mol. The van der Waals surface area contributed by atoms with Crippen LogP contribution in [0.25, 0.3) is 0 Å². The van der Waals surface area contributed by atoms with Crippen molar-refractivity contribution in [2.45, 2.75) is 25.0 Å². The highest BCUT2D eigenvalue weighted by atomic mass is 16.5. The van der Waals surface area contributed by atoms with E-state index >= 15 is 0 Å². The second-order valence-electron chi connectivity index (χ2n) is 2.59. The minimum absolute atomic E-state index is 0.154. The molecule has 11 heavy (non-hydrogen) atoms. The number of rotatable bonds is 2. The molecule has 2 atom stereocenters. The van der Waals surface area contributed by atoms with Crippen LogP contribution >= 0.6 is 0 Å². The molecule has 0 spiro atoms. The van der Waals surface area contributed by atoms with Crippen LogP contribution in [0.4, 0.5) is 0 Å². The van der Waals surface area contributed by atoms with Crippen LogP contribution < -0.4 is 17.0 Å². The van der Waals surface area contributed by atoms with Gasteiger partial charge in [-0.05, 0) is 12.8 Å². The van der Waals surface area contributed by atoms with Gasteiger partial charge in [-0.1, -0.05) is 0 Å². The van der Waals surface area contributed by atoms with E-state index < -0.39 is 6.04 Å². The van der Waals surface area contributed by atoms with Crippen LogP contribution in [-0.4, -0.2) is 24.7 Å². The van der Waals surface area contributed by atoms with Crippen molar-refractivity contribution in [3.63, 3.8) is 0 Å². The van der Waals surface area contributed by atoms with Crippen molar-refractivity contribution in [1.82, 2.24) is 5.43 Å². The molecule has 5 N–H and O–H groups in total. The van der Waals surface area contributed by atoms with E-state index in [9.17, 15) is 4.79 Å². The second-order valence-corrected chi connectivity index (χ2v) is 2.59. The first-order chi connectivity index (χ1) is 5.25. The molecule has 0 bridgehead atoms. The Balaban J connectivity index is 2.39. The van der Waals surface area contributed by atoms with Crippen LogP contribution in [-0.2, 0) is 9.53 Å². The number of nitrogens with one attached hydrogen (secondary N) is 1. The van der Waals surface area contributed by atoms with Crippen LogP contribution in [0.3, 0.4) is 0 Å². The Morgan fingerprint density at radius 1 is 1.73 bits per heavy atom. The minimum atomic E-state index is -0.623. The summed E-state index contributed by atoms with van der Waals surface area (Å²) < 4.78 is 5.20. The van der Waals surface area contributed by atoms with Crippen LogP contribution in [0.2, 0.25) is 0 Å². The van der Waals surface area contributed by atoms with Gasteiger partial charge >= 0.3 is 0 Å². The van der Waals surface area contributed by atoms with Crippen molar-refractivity contribution >= 4 is 5.91 Å². The molecule has 0 aromatic heterocycles. The summed E-state index contributed by atoms with van der Waals surface area (Å²) >= 11 is 0. The summed E-state index contributed by atoms with van der Waals surface area (Å²) in [6.45, 7) is 0.691. The Morgan fingerprint density at radius 2 is 2.45 bits per heavy atom. The molecule has 0 aromatic rings. The summed E-state index contributed by atoms with van der Waals surface area (Å²) in [5, 5.41) is 0. The molecule has 5 nitrogen and oxygen atoms in total. The maximum absolute atomic E-state index is 10.9. The van der Waals surface area contributed by atoms with Gasteiger partial charge in [-0.3, -0.25) is 10.2 Å². The van der Waals surface area contributed by atoms with Crippen LogP contribution in [0, 0.1) is 0 Å². The van der Waals surface area contributed by atoms with E-state index in [4.69, 9.17) is 16.3 Å². The quantitative estimate of drug-likeness (QED) is 0.259. The van der Waals surface area contributed by atoms with Crippen molar-refractivity contribution < 1.29 is 9.53 Å². The van der Waals surface area contributed by atoms with Gasteiger partial charge < -0.3 is 10.5 Å². The van der Waals surface area contributed by atoms with Crippen molar-refractivity contribution in [2.24, 2.45) is 11.6 Å². The van der Waals surface area contributed by atoms with Gasteiger partial charge in [0.15, 0.2) is 0 Å². The SMILES string of the molecule is NNC(=O)C(N)C1CCCO1. The van der Waals surface area contributed by atoms with Crippen molar-refractivity contribution in [3.8, 4) is 0 Å². The average molecular weight is 159 g/mol. The topological polar surface area (TPSA) is 90.4 Å². The number of ether oxygens (including phenoxy) is 1. The Kier molecular flexibility index (Phi) is 2.81. The van der Waals surface area contributed by atoms with E-state index in [1.807, 2.05) is 5.43 Å². The smallest absolute Gasteiger partial charge is 0.253 e. The maximum Gasteiger partial charge on any atom is 0.253 e. The molecule has 1 amide bonds. The number of nitrogens with two attached hydrogens (primary N) is 2. The fourth-order valence-electron chi connectivity index (χ4n) is 1.15. The summed E-state index contributed by atoms with van der Waals surface area (Å²) in [5.41, 5.74) is 7.51. The van der Waals surface area contributed by atoms with Gasteiger partial charge in [0.1, 0.15) is 6.04 Å². The van der Waals surface area contributed by atoms with Crippen LogP contribution in [0.1, 0.15) is 12.8 Å². The van der Waals surface area contributed by atoms with E-state index in [-0.39, 0.29) is 12.0 Å². The standard InChI is InChI=1S/C6H13N3O2/c7-5(6(10)9-8)4-2-1-3-11-4/h4-5H,1-3,7-8H2,(H,9,10). The first-order valence-corrected chi connectivity index (χ1v) is 3.63. The number of hydrogen-bond acceptors (Lipinski definition) is 4. The minimum Gasteiger partial charge on any atom is -0.376 e. The molecule has 64 valence electrons. The van der Waals surface area contributed by atoms with Gasteiger partial charge in [-0.2, -0.15) is 0 Å². The molecule has 0 aliphatic carbocycles. The third kappa shape index (κ3) is 1.89. The summed E-state index contributed by atoms with van der Waals surface area (Å²) in [5.74, 6) is 4.54. The second kappa shape index (κ2) is 3.66. The van der Waals surface area contributed by atoms with E-state index in [0.717, 1.165) is 12.8 Å². The molecule has 1 aliphatic rings. The lowest BCUT2D eigenvalue weighted by molar-refractivity contribution is -0.125. The number of hydrogen-bond donors (Lipinski definition) is 3. The van der Waals surface area contributed by atoms with Gasteiger partial charge in [0.2, 0.25) is 0 Å². The van der Waals surface area contributed by atoms with E-state index in [1.165, 1.54) is 0 Å². The zero-order valence-corrected chi connectivity index (χ0v) is 6.25. The number of amides is 1. The zero-order valence-electron chi connectivity index (χ0n) is 6.25. The largest absolute Gasteiger partial charge is 0.376 e. The lowest BCUT2D eigenvalue weighted by Gasteiger charge is -2.15. The van der Waals surface area contributed by atoms with Crippen molar-refractivity contribution in [2.75, 3.05) is 6.61 Å². The number of carbonyl (C=O) groups is 1. The van der Waals surface area contributed by atoms with Gasteiger partial charge in [-0.15, -0.1) is 0 Å². The monoisotopic (exact) mass is 159 g/mol. The summed E-state index contributed by atoms with van der Waals surface area (Å²) in [6, 6.07) is -0.623. The zero-order chi connectivity index (χ0) is 8.27. The fourth-order valence-corrected chi connectivity index (χ4v) is 1.15. The van der Waals surface area contributed by atoms with Crippen molar-refractivity contribution in [1.29, 1.82) is 0 Å². The number of hydrazine groups is 1. The molecule has 2 unspecified atom stereocenters. The Bertz CT molecular complexity index is 145. The molecule has 0 aromatic carbocycles. The maximum atomic E-state index is 10.9. The molecular weight excluding hydrogens is 146 g/mol. The van der Waals surface area contributed by atoms with Crippen LogP contribution in [0.15, 0.2) is 0 Å². The molecule has 0 radical (unpaired) electrons. The van der Waals surface area contributed by atoms with Crippen LogP contribution in [0.5, 0.6) is 0 Å². The lowest BCUT2D eigenvalue weighted by atomic mass is 10.1. The van der Waals surface area contributed by atoms with Gasteiger partial charge in [0.05, 0.1) is 6.10 Å². The molecule has 1 heterocycles. The van der Waals surface area contributed by atoms with Gasteiger partial charge in [-0.25, -0.2) is 5.84 Å². The molecule has 1 fully saturated rings. The van der Waals surface area contributed by atoms with Crippen molar-refractivity contribution in [3.05, 3.63) is 0 Å². The third-order valence-corrected chi connectivity index (χ3v) is 1.81. The number of carbonyl (C=O) groups excluding carboxylic acids is 1. The molecule has 5 heteroatoms.